The van der Waals surface area contributed by atoms with Gasteiger partial charge in [-0.25, -0.2) is 9.36 Å². The molecule has 0 amide bonds. The Morgan fingerprint density at radius 1 is 1.00 bits per heavy atom. The van der Waals surface area contributed by atoms with Crippen molar-refractivity contribution >= 4 is 0 Å². The Bertz CT molecular complexity index is 1070. The van der Waals surface area contributed by atoms with Crippen LogP contribution in [0.2, 0.25) is 0 Å². The minimum atomic E-state index is -4.57. The van der Waals surface area contributed by atoms with Crippen LogP contribution in [0.15, 0.2) is 70.4 Å². The Kier molecular flexibility index (Phi) is 4.89. The summed E-state index contributed by atoms with van der Waals surface area (Å²) >= 11 is 0. The van der Waals surface area contributed by atoms with E-state index in [0.29, 0.717) is 5.75 Å². The second-order valence-electron chi connectivity index (χ2n) is 5.80. The summed E-state index contributed by atoms with van der Waals surface area (Å²) in [5.41, 5.74) is -1.73. The highest BCUT2D eigenvalue weighted by molar-refractivity contribution is 5.37. The highest BCUT2D eigenvalue weighted by atomic mass is 19.4. The van der Waals surface area contributed by atoms with Gasteiger partial charge in [0, 0.05) is 12.3 Å². The molecule has 3 rings (SSSR count). The van der Waals surface area contributed by atoms with Gasteiger partial charge in [0.25, 0.3) is 5.56 Å². The lowest BCUT2D eigenvalue weighted by atomic mass is 10.2. The molecule has 8 heteroatoms. The van der Waals surface area contributed by atoms with Crippen molar-refractivity contribution < 1.29 is 17.9 Å². The fourth-order valence-electron chi connectivity index (χ4n) is 2.62. The van der Waals surface area contributed by atoms with Crippen LogP contribution in [0.25, 0.3) is 5.69 Å². The van der Waals surface area contributed by atoms with Crippen molar-refractivity contribution in [3.8, 4) is 11.4 Å². The quantitative estimate of drug-likeness (QED) is 0.703. The summed E-state index contributed by atoms with van der Waals surface area (Å²) in [6.45, 7) is 0.155. The summed E-state index contributed by atoms with van der Waals surface area (Å²) in [6, 6.07) is 12.2. The van der Waals surface area contributed by atoms with E-state index in [1.165, 1.54) is 23.9 Å². The molecule has 0 N–H and O–H groups in total. The van der Waals surface area contributed by atoms with Crippen LogP contribution in [-0.2, 0) is 12.7 Å². The Morgan fingerprint density at radius 3 is 2.33 bits per heavy atom. The van der Waals surface area contributed by atoms with E-state index in [0.717, 1.165) is 34.4 Å². The van der Waals surface area contributed by atoms with Crippen molar-refractivity contribution in [3.63, 3.8) is 0 Å². The van der Waals surface area contributed by atoms with Crippen molar-refractivity contribution in [2.24, 2.45) is 0 Å². The van der Waals surface area contributed by atoms with Crippen molar-refractivity contribution in [2.45, 2.75) is 12.7 Å². The first-order valence-electron chi connectivity index (χ1n) is 7.92. The van der Waals surface area contributed by atoms with Gasteiger partial charge in [-0.15, -0.1) is 0 Å². The van der Waals surface area contributed by atoms with Crippen molar-refractivity contribution in [1.29, 1.82) is 0 Å². The highest BCUT2D eigenvalue weighted by Gasteiger charge is 2.30. The number of alkyl halides is 3. The number of hydrogen-bond acceptors (Lipinski definition) is 3. The average Bonchev–Trinajstić information content (AvgIpc) is 2.64. The van der Waals surface area contributed by atoms with E-state index < -0.39 is 23.0 Å². The van der Waals surface area contributed by atoms with Gasteiger partial charge in [-0.1, -0.05) is 18.2 Å². The molecule has 0 saturated heterocycles. The second-order valence-corrected chi connectivity index (χ2v) is 5.80. The summed E-state index contributed by atoms with van der Waals surface area (Å²) in [6.07, 6.45) is -3.25. The third-order valence-corrected chi connectivity index (χ3v) is 4.00. The molecule has 1 aromatic heterocycles. The lowest BCUT2D eigenvalue weighted by molar-refractivity contribution is -0.137. The Morgan fingerprint density at radius 2 is 1.70 bits per heavy atom. The molecule has 0 saturated carbocycles. The zero-order valence-electron chi connectivity index (χ0n) is 14.2. The fourth-order valence-corrected chi connectivity index (χ4v) is 2.62. The minimum absolute atomic E-state index is 0.135. The molecule has 27 heavy (non-hydrogen) atoms. The summed E-state index contributed by atoms with van der Waals surface area (Å²) < 4.78 is 45.8. The van der Waals surface area contributed by atoms with Crippen LogP contribution in [-0.4, -0.2) is 16.2 Å². The molecule has 1 heterocycles. The van der Waals surface area contributed by atoms with E-state index in [4.69, 9.17) is 4.74 Å². The van der Waals surface area contributed by atoms with Gasteiger partial charge < -0.3 is 4.74 Å². The lowest BCUT2D eigenvalue weighted by Gasteiger charge is -2.12. The normalized spacial score (nSPS) is 11.4. The van der Waals surface area contributed by atoms with E-state index in [1.807, 2.05) is 0 Å². The Hall–Kier alpha value is -3.29. The number of aromatic nitrogens is 2. The molecule has 0 radical (unpaired) electrons. The van der Waals surface area contributed by atoms with E-state index in [1.54, 1.807) is 24.3 Å². The zero-order chi connectivity index (χ0) is 19.6. The van der Waals surface area contributed by atoms with Gasteiger partial charge in [0.2, 0.25) is 0 Å². The number of benzene rings is 2. The number of methoxy groups -OCH3 is 1. The smallest absolute Gasteiger partial charge is 0.416 e. The number of nitrogens with zero attached hydrogens (tertiary/aromatic N) is 2. The molecule has 0 unspecified atom stereocenters. The maximum Gasteiger partial charge on any atom is 0.416 e. The number of halogens is 3. The SMILES string of the molecule is COc1ccc(Cn2ccc(=O)n(-c3cccc(C(F)(F)F)c3)c2=O)cc1. The summed E-state index contributed by atoms with van der Waals surface area (Å²) in [5, 5.41) is 0. The second kappa shape index (κ2) is 7.14. The van der Waals surface area contributed by atoms with Gasteiger partial charge in [0.15, 0.2) is 0 Å². The number of ether oxygens (including phenoxy) is 1. The van der Waals surface area contributed by atoms with Crippen LogP contribution < -0.4 is 16.0 Å². The predicted molar refractivity (Wildman–Crippen MR) is 93.4 cm³/mol. The van der Waals surface area contributed by atoms with Crippen LogP contribution in [0, 0.1) is 0 Å². The van der Waals surface area contributed by atoms with Crippen LogP contribution in [0.5, 0.6) is 5.75 Å². The van der Waals surface area contributed by atoms with Gasteiger partial charge in [-0.05, 0) is 35.9 Å². The topological polar surface area (TPSA) is 53.2 Å². The fraction of sp³-hybridized carbons (Fsp3) is 0.158. The zero-order valence-corrected chi connectivity index (χ0v) is 14.2. The highest BCUT2D eigenvalue weighted by Crippen LogP contribution is 2.29. The van der Waals surface area contributed by atoms with E-state index in [2.05, 4.69) is 0 Å². The first-order chi connectivity index (χ1) is 12.8. The van der Waals surface area contributed by atoms with E-state index in [9.17, 15) is 22.8 Å². The predicted octanol–water partition coefficient (Wildman–Crippen LogP) is 3.07. The third kappa shape index (κ3) is 3.94. The molecule has 3 aromatic rings. The molecular formula is C19H15F3N2O3. The van der Waals surface area contributed by atoms with Crippen LogP contribution >= 0.6 is 0 Å². The standard InChI is InChI=1S/C19H15F3N2O3/c1-27-16-7-5-13(6-8-16)12-23-10-9-17(25)24(18(23)26)15-4-2-3-14(11-15)19(20,21)22/h2-11H,12H2,1H3. The van der Waals surface area contributed by atoms with E-state index in [-0.39, 0.29) is 12.2 Å². The maximum absolute atomic E-state index is 12.9. The molecule has 0 bridgehead atoms. The van der Waals surface area contributed by atoms with Crippen LogP contribution in [0.4, 0.5) is 13.2 Å². The molecule has 2 aromatic carbocycles. The molecule has 0 atom stereocenters. The monoisotopic (exact) mass is 376 g/mol. The average molecular weight is 376 g/mol. The Balaban J connectivity index is 2.04. The van der Waals surface area contributed by atoms with Crippen molar-refractivity contribution in [3.05, 3.63) is 92.8 Å². The van der Waals surface area contributed by atoms with Gasteiger partial charge in [-0.3, -0.25) is 9.36 Å². The largest absolute Gasteiger partial charge is 0.497 e. The summed E-state index contributed by atoms with van der Waals surface area (Å²) in [7, 11) is 1.53. The third-order valence-electron chi connectivity index (χ3n) is 4.00. The molecule has 0 aliphatic rings. The Labute approximate surface area is 151 Å². The molecular weight excluding hydrogens is 361 g/mol. The van der Waals surface area contributed by atoms with Gasteiger partial charge in [0.1, 0.15) is 5.75 Å². The molecule has 140 valence electrons. The van der Waals surface area contributed by atoms with Gasteiger partial charge >= 0.3 is 11.9 Å². The molecule has 0 aliphatic carbocycles. The molecule has 5 nitrogen and oxygen atoms in total. The lowest BCUT2D eigenvalue weighted by Crippen LogP contribution is -2.38. The number of hydrogen-bond donors (Lipinski definition) is 0. The maximum atomic E-state index is 12.9. The summed E-state index contributed by atoms with van der Waals surface area (Å²) in [5.74, 6) is 0.653. The minimum Gasteiger partial charge on any atom is -0.497 e. The molecule has 0 fully saturated rings. The summed E-state index contributed by atoms with van der Waals surface area (Å²) in [4.78, 5) is 24.8. The first-order valence-corrected chi connectivity index (χ1v) is 7.92. The van der Waals surface area contributed by atoms with Gasteiger partial charge in [0.05, 0.1) is 24.9 Å². The molecule has 0 aliphatic heterocycles. The first kappa shape index (κ1) is 18.5. The molecule has 0 spiro atoms. The van der Waals surface area contributed by atoms with Crippen molar-refractivity contribution in [1.82, 2.24) is 9.13 Å². The van der Waals surface area contributed by atoms with Gasteiger partial charge in [-0.2, -0.15) is 13.2 Å². The van der Waals surface area contributed by atoms with Crippen LogP contribution in [0.1, 0.15) is 11.1 Å². The number of rotatable bonds is 4. The van der Waals surface area contributed by atoms with Crippen molar-refractivity contribution in [2.75, 3.05) is 7.11 Å². The van der Waals surface area contributed by atoms with Crippen LogP contribution in [0.3, 0.4) is 0 Å². The van der Waals surface area contributed by atoms with E-state index >= 15 is 0 Å².